The monoisotopic (exact) mass is 779 g/mol. The van der Waals surface area contributed by atoms with Crippen LogP contribution in [0.15, 0.2) is 89.8 Å². The maximum atomic E-state index is 14.1. The Bertz CT molecular complexity index is 2170. The highest BCUT2D eigenvalue weighted by Crippen LogP contribution is 2.45. The van der Waals surface area contributed by atoms with E-state index >= 15 is 0 Å². The maximum absolute atomic E-state index is 14.1. The highest BCUT2D eigenvalue weighted by Gasteiger charge is 2.31. The Balaban J connectivity index is 1.25. The summed E-state index contributed by atoms with van der Waals surface area (Å²) in [4.78, 5) is 41.2. The zero-order chi connectivity index (χ0) is 35.5. The molecule has 0 spiro atoms. The van der Waals surface area contributed by atoms with Crippen molar-refractivity contribution in [1.29, 1.82) is 5.26 Å². The lowest BCUT2D eigenvalue weighted by Crippen LogP contribution is -2.19. The molecule has 5 aromatic rings. The number of thiophene rings is 1. The summed E-state index contributed by atoms with van der Waals surface area (Å²) < 4.78 is 0. The predicted molar refractivity (Wildman–Crippen MR) is 202 cm³/mol. The van der Waals surface area contributed by atoms with Crippen LogP contribution in [0.25, 0.3) is 0 Å². The number of fused-ring (bicyclic) bond motifs is 1. The fraction of sp³-hybridized carbons (Fsp3) is 0.135. The number of aromatic carboxylic acids is 1. The van der Waals surface area contributed by atoms with Gasteiger partial charge in [-0.15, -0.1) is 23.1 Å². The molecule has 7 nitrogen and oxygen atoms in total. The van der Waals surface area contributed by atoms with Crippen LogP contribution in [0.5, 0.6) is 0 Å². The van der Waals surface area contributed by atoms with E-state index in [0.29, 0.717) is 27.1 Å². The molecule has 0 bridgehead atoms. The minimum atomic E-state index is -1.51. The first kappa shape index (κ1) is 35.8. The first-order valence-electron chi connectivity index (χ1n) is 15.2. The van der Waals surface area contributed by atoms with E-state index in [2.05, 4.69) is 28.8 Å². The van der Waals surface area contributed by atoms with Crippen LogP contribution in [0.1, 0.15) is 65.4 Å². The number of nitrogens with zero attached hydrogens (tertiary/aromatic N) is 1. The topological polar surface area (TPSA) is 119 Å². The van der Waals surface area contributed by atoms with Gasteiger partial charge in [-0.25, -0.2) is 4.79 Å². The van der Waals surface area contributed by atoms with Gasteiger partial charge in [-0.2, -0.15) is 5.26 Å². The second-order valence-corrected chi connectivity index (χ2v) is 15.2. The fourth-order valence-electron chi connectivity index (χ4n) is 5.90. The SMILES string of the molecule is N#Cc1c(NC(=O)C(Sc2cccc(NC(=O)c3c(Cl)c(Cl)c(Cl)c(Cl)c3C(=O)O)c2)c2ccccc2)sc2c1CCC(c1ccccc1)C2. The molecule has 13 heteroatoms. The van der Waals surface area contributed by atoms with Crippen LogP contribution in [-0.2, 0) is 17.6 Å². The van der Waals surface area contributed by atoms with E-state index in [9.17, 15) is 24.8 Å². The van der Waals surface area contributed by atoms with Crippen LogP contribution in [0.3, 0.4) is 0 Å². The van der Waals surface area contributed by atoms with E-state index in [4.69, 9.17) is 46.4 Å². The molecule has 2 amide bonds. The van der Waals surface area contributed by atoms with Gasteiger partial charge in [-0.05, 0) is 60.1 Å². The molecule has 1 aliphatic rings. The van der Waals surface area contributed by atoms with Gasteiger partial charge >= 0.3 is 5.97 Å². The molecule has 3 N–H and O–H groups in total. The lowest BCUT2D eigenvalue weighted by molar-refractivity contribution is -0.115. The Morgan fingerprint density at radius 3 is 2.18 bits per heavy atom. The maximum Gasteiger partial charge on any atom is 0.338 e. The zero-order valence-electron chi connectivity index (χ0n) is 25.8. The number of amides is 2. The van der Waals surface area contributed by atoms with Crippen molar-refractivity contribution in [1.82, 2.24) is 0 Å². The summed E-state index contributed by atoms with van der Waals surface area (Å²) in [5.74, 6) is -2.34. The quantitative estimate of drug-likeness (QED) is 0.0778. The Kier molecular flexibility index (Phi) is 11.1. The van der Waals surface area contributed by atoms with Crippen molar-refractivity contribution >= 4 is 98.0 Å². The number of nitrogens with one attached hydrogen (secondary N) is 2. The van der Waals surface area contributed by atoms with Gasteiger partial charge in [-0.3, -0.25) is 9.59 Å². The third-order valence-corrected chi connectivity index (χ3v) is 12.5. The van der Waals surface area contributed by atoms with Crippen molar-refractivity contribution in [3.05, 3.63) is 143 Å². The fourth-order valence-corrected chi connectivity index (χ4v) is 9.29. The molecular formula is C37H25Cl4N3O4S2. The number of hydrogen-bond donors (Lipinski definition) is 3. The zero-order valence-corrected chi connectivity index (χ0v) is 30.5. The summed E-state index contributed by atoms with van der Waals surface area (Å²) in [6.45, 7) is 0. The third-order valence-electron chi connectivity index (χ3n) is 8.28. The first-order valence-corrected chi connectivity index (χ1v) is 18.4. The van der Waals surface area contributed by atoms with Gasteiger partial charge in [0.15, 0.2) is 0 Å². The van der Waals surface area contributed by atoms with E-state index in [-0.39, 0.29) is 21.0 Å². The molecule has 4 aromatic carbocycles. The number of carbonyl (C=O) groups excluding carboxylic acids is 2. The van der Waals surface area contributed by atoms with Crippen molar-refractivity contribution in [2.24, 2.45) is 0 Å². The summed E-state index contributed by atoms with van der Waals surface area (Å²) in [6.07, 6.45) is 2.48. The van der Waals surface area contributed by atoms with Gasteiger partial charge in [-0.1, -0.05) is 113 Å². The first-order chi connectivity index (χ1) is 24.1. The number of carboxylic acid groups (broad SMARTS) is 1. The van der Waals surface area contributed by atoms with Crippen molar-refractivity contribution in [2.45, 2.75) is 35.3 Å². The second kappa shape index (κ2) is 15.5. The second-order valence-electron chi connectivity index (χ2n) is 11.4. The average molecular weight is 782 g/mol. The number of halogens is 4. The van der Waals surface area contributed by atoms with Crippen molar-refractivity contribution in [2.75, 3.05) is 10.6 Å². The number of carboxylic acids is 1. The Morgan fingerprint density at radius 1 is 0.860 bits per heavy atom. The van der Waals surface area contributed by atoms with Gasteiger partial charge in [0.05, 0.1) is 36.8 Å². The summed E-state index contributed by atoms with van der Waals surface area (Å²) in [6, 6.07) is 28.6. The van der Waals surface area contributed by atoms with Crippen LogP contribution in [0.4, 0.5) is 10.7 Å². The summed E-state index contributed by atoms with van der Waals surface area (Å²) in [5.41, 5.74) is 2.78. The number of carbonyl (C=O) groups is 3. The van der Waals surface area contributed by atoms with Gasteiger partial charge in [0.1, 0.15) is 16.3 Å². The number of hydrogen-bond acceptors (Lipinski definition) is 6. The minimum absolute atomic E-state index is 0.253. The van der Waals surface area contributed by atoms with E-state index in [0.717, 1.165) is 35.3 Å². The number of benzene rings is 4. The van der Waals surface area contributed by atoms with Crippen LogP contribution < -0.4 is 10.6 Å². The highest BCUT2D eigenvalue weighted by molar-refractivity contribution is 8.00. The molecule has 0 fully saturated rings. The van der Waals surface area contributed by atoms with Crippen LogP contribution >= 0.6 is 69.5 Å². The molecule has 6 rings (SSSR count). The molecule has 1 heterocycles. The van der Waals surface area contributed by atoms with E-state index in [1.54, 1.807) is 24.3 Å². The summed E-state index contributed by atoms with van der Waals surface area (Å²) >= 11 is 27.3. The van der Waals surface area contributed by atoms with Crippen LogP contribution in [-0.4, -0.2) is 22.9 Å². The standard InChI is InChI=1S/C37H25Cl4N3O4S2/c38-29-27(28(37(47)48)30(39)32(41)31(29)40)34(45)43-22-12-7-13-23(17-22)49-33(20-10-5-2-6-11-20)35(46)44-36-25(18-42)24-15-14-21(16-26(24)50-36)19-8-3-1-4-9-19/h1-13,17,21,33H,14-16H2,(H,43,45)(H,44,46)(H,47,48). The largest absolute Gasteiger partial charge is 0.478 e. The molecule has 2 atom stereocenters. The molecule has 0 saturated heterocycles. The normalized spacial score (nSPS) is 14.3. The van der Waals surface area contributed by atoms with Gasteiger partial charge in [0, 0.05) is 15.5 Å². The van der Waals surface area contributed by atoms with E-state index < -0.39 is 33.3 Å². The van der Waals surface area contributed by atoms with Crippen molar-refractivity contribution in [3.8, 4) is 6.07 Å². The van der Waals surface area contributed by atoms with E-state index in [1.165, 1.54) is 28.7 Å². The summed E-state index contributed by atoms with van der Waals surface area (Å²) in [5, 5.41) is 24.1. The lowest BCUT2D eigenvalue weighted by atomic mass is 9.83. The third kappa shape index (κ3) is 7.38. The molecule has 0 radical (unpaired) electrons. The molecule has 50 heavy (non-hydrogen) atoms. The van der Waals surface area contributed by atoms with Crippen molar-refractivity contribution in [3.63, 3.8) is 0 Å². The highest BCUT2D eigenvalue weighted by atomic mass is 35.5. The molecule has 252 valence electrons. The minimum Gasteiger partial charge on any atom is -0.478 e. The predicted octanol–water partition coefficient (Wildman–Crippen LogP) is 10.9. The van der Waals surface area contributed by atoms with Gasteiger partial charge < -0.3 is 15.7 Å². The number of rotatable bonds is 9. The Morgan fingerprint density at radius 2 is 1.52 bits per heavy atom. The van der Waals surface area contributed by atoms with Crippen LogP contribution in [0, 0.1) is 11.3 Å². The number of thioether (sulfide) groups is 1. The molecular weight excluding hydrogens is 756 g/mol. The molecule has 1 aromatic heterocycles. The molecule has 0 saturated carbocycles. The Hall–Kier alpha value is -4.01. The lowest BCUT2D eigenvalue weighted by Gasteiger charge is -2.22. The molecule has 2 unspecified atom stereocenters. The Labute approximate surface area is 316 Å². The number of anilines is 2. The average Bonchev–Trinajstić information content (AvgIpc) is 3.47. The molecule has 1 aliphatic carbocycles. The smallest absolute Gasteiger partial charge is 0.338 e. The summed E-state index contributed by atoms with van der Waals surface area (Å²) in [7, 11) is 0. The van der Waals surface area contributed by atoms with Gasteiger partial charge in [0.2, 0.25) is 5.91 Å². The van der Waals surface area contributed by atoms with Gasteiger partial charge in [0.25, 0.3) is 5.91 Å². The number of nitriles is 1. The van der Waals surface area contributed by atoms with Crippen LogP contribution in [0.2, 0.25) is 20.1 Å². The van der Waals surface area contributed by atoms with E-state index in [1.807, 2.05) is 48.5 Å². The molecule has 0 aliphatic heterocycles. The van der Waals surface area contributed by atoms with Crippen molar-refractivity contribution < 1.29 is 19.5 Å².